The van der Waals surface area contributed by atoms with Crippen molar-refractivity contribution in [2.24, 2.45) is 10.9 Å². The van der Waals surface area contributed by atoms with E-state index >= 15 is 0 Å². The van der Waals surface area contributed by atoms with E-state index in [0.717, 1.165) is 12.5 Å². The molecule has 0 aromatic rings. The van der Waals surface area contributed by atoms with E-state index in [1.54, 1.807) is 0 Å². The average Bonchev–Trinajstić information content (AvgIpc) is 2.75. The first kappa shape index (κ1) is 10.7. The third-order valence-electron chi connectivity index (χ3n) is 2.68. The summed E-state index contributed by atoms with van der Waals surface area (Å²) in [5.41, 5.74) is 0. The average molecular weight is 230 g/mol. The monoisotopic (exact) mass is 230 g/mol. The van der Waals surface area contributed by atoms with Gasteiger partial charge in [-0.25, -0.2) is 0 Å². The highest BCUT2D eigenvalue weighted by atomic mass is 32.2. The zero-order chi connectivity index (χ0) is 9.97. The number of rotatable bonds is 2. The standard InChI is InChI=1S/C10H18N2S2/c1-7(2)9-5-11-10(14-9)12-8-3-4-13-6-8/h7-9H,3-6H2,1-2H3,(H,11,12). The van der Waals surface area contributed by atoms with E-state index in [-0.39, 0.29) is 0 Å². The molecule has 2 nitrogen and oxygen atoms in total. The maximum atomic E-state index is 4.56. The number of thioether (sulfide) groups is 2. The summed E-state index contributed by atoms with van der Waals surface area (Å²) in [5, 5.41) is 5.45. The molecule has 14 heavy (non-hydrogen) atoms. The predicted molar refractivity (Wildman–Crippen MR) is 67.4 cm³/mol. The molecular formula is C10H18N2S2. The summed E-state index contributed by atoms with van der Waals surface area (Å²) in [6.45, 7) is 5.56. The lowest BCUT2D eigenvalue weighted by Crippen LogP contribution is -2.32. The topological polar surface area (TPSA) is 24.4 Å². The van der Waals surface area contributed by atoms with Crippen molar-refractivity contribution in [2.45, 2.75) is 31.6 Å². The fraction of sp³-hybridized carbons (Fsp3) is 0.900. The van der Waals surface area contributed by atoms with Crippen LogP contribution in [0.2, 0.25) is 0 Å². The van der Waals surface area contributed by atoms with Crippen molar-refractivity contribution in [3.05, 3.63) is 0 Å². The van der Waals surface area contributed by atoms with Crippen LogP contribution in [0.3, 0.4) is 0 Å². The number of nitrogens with one attached hydrogen (secondary N) is 1. The van der Waals surface area contributed by atoms with Gasteiger partial charge >= 0.3 is 0 Å². The first-order chi connectivity index (χ1) is 6.75. The van der Waals surface area contributed by atoms with Gasteiger partial charge in [0.05, 0.1) is 6.54 Å². The van der Waals surface area contributed by atoms with Gasteiger partial charge in [0.15, 0.2) is 5.17 Å². The predicted octanol–water partition coefficient (Wildman–Crippen LogP) is 2.21. The van der Waals surface area contributed by atoms with E-state index < -0.39 is 0 Å². The third kappa shape index (κ3) is 2.60. The maximum Gasteiger partial charge on any atom is 0.157 e. The Morgan fingerprint density at radius 3 is 2.93 bits per heavy atom. The van der Waals surface area contributed by atoms with Gasteiger partial charge in [0.2, 0.25) is 0 Å². The fourth-order valence-corrected chi connectivity index (χ4v) is 3.88. The summed E-state index contributed by atoms with van der Waals surface area (Å²) in [7, 11) is 0. The van der Waals surface area contributed by atoms with Crippen LogP contribution in [-0.4, -0.2) is 34.5 Å². The molecule has 1 N–H and O–H groups in total. The molecule has 0 amide bonds. The van der Waals surface area contributed by atoms with Crippen molar-refractivity contribution in [1.29, 1.82) is 0 Å². The number of hydrogen-bond acceptors (Lipinski definition) is 4. The van der Waals surface area contributed by atoms with Crippen LogP contribution in [0.1, 0.15) is 20.3 Å². The van der Waals surface area contributed by atoms with Gasteiger partial charge in [0.1, 0.15) is 0 Å². The number of nitrogens with zero attached hydrogens (tertiary/aromatic N) is 1. The van der Waals surface area contributed by atoms with E-state index in [1.165, 1.54) is 23.1 Å². The van der Waals surface area contributed by atoms with Crippen LogP contribution in [0.5, 0.6) is 0 Å². The molecule has 1 fully saturated rings. The van der Waals surface area contributed by atoms with Crippen LogP contribution < -0.4 is 5.32 Å². The van der Waals surface area contributed by atoms with Crippen molar-refractivity contribution in [3.63, 3.8) is 0 Å². The molecule has 2 unspecified atom stereocenters. The van der Waals surface area contributed by atoms with Gasteiger partial charge in [-0.05, 0) is 18.1 Å². The van der Waals surface area contributed by atoms with Crippen LogP contribution in [0.4, 0.5) is 0 Å². The van der Waals surface area contributed by atoms with Crippen LogP contribution in [0.15, 0.2) is 4.99 Å². The number of amidine groups is 1. The second-order valence-electron chi connectivity index (χ2n) is 4.25. The molecule has 0 bridgehead atoms. The molecule has 2 atom stereocenters. The number of hydrogen-bond donors (Lipinski definition) is 1. The van der Waals surface area contributed by atoms with Crippen molar-refractivity contribution in [2.75, 3.05) is 18.1 Å². The van der Waals surface area contributed by atoms with Crippen molar-refractivity contribution >= 4 is 28.7 Å². The highest BCUT2D eigenvalue weighted by molar-refractivity contribution is 8.14. The van der Waals surface area contributed by atoms with Gasteiger partial charge in [-0.1, -0.05) is 25.6 Å². The first-order valence-electron chi connectivity index (χ1n) is 5.31. The molecule has 0 aromatic carbocycles. The smallest absolute Gasteiger partial charge is 0.157 e. The summed E-state index contributed by atoms with van der Waals surface area (Å²) >= 11 is 3.98. The molecule has 2 aliphatic rings. The van der Waals surface area contributed by atoms with Gasteiger partial charge in [0.25, 0.3) is 0 Å². The lowest BCUT2D eigenvalue weighted by atomic mass is 10.1. The largest absolute Gasteiger partial charge is 0.361 e. The van der Waals surface area contributed by atoms with Crippen LogP contribution >= 0.6 is 23.5 Å². The van der Waals surface area contributed by atoms with Crippen LogP contribution in [0.25, 0.3) is 0 Å². The minimum atomic E-state index is 0.678. The van der Waals surface area contributed by atoms with Gasteiger partial charge in [0, 0.05) is 17.0 Å². The normalized spacial score (nSPS) is 32.4. The Morgan fingerprint density at radius 2 is 2.36 bits per heavy atom. The Labute approximate surface area is 94.7 Å². The molecule has 2 heterocycles. The lowest BCUT2D eigenvalue weighted by Gasteiger charge is -2.14. The van der Waals surface area contributed by atoms with Gasteiger partial charge < -0.3 is 5.32 Å². The molecule has 80 valence electrons. The highest BCUT2D eigenvalue weighted by Crippen LogP contribution is 2.27. The van der Waals surface area contributed by atoms with E-state index in [2.05, 4.69) is 24.2 Å². The summed E-state index contributed by atoms with van der Waals surface area (Å²) in [4.78, 5) is 4.56. The van der Waals surface area contributed by atoms with Crippen molar-refractivity contribution in [1.82, 2.24) is 5.32 Å². The van der Waals surface area contributed by atoms with Gasteiger partial charge in [-0.2, -0.15) is 11.8 Å². The Balaban J connectivity index is 1.77. The molecule has 4 heteroatoms. The van der Waals surface area contributed by atoms with Gasteiger partial charge in [-0.15, -0.1) is 0 Å². The Bertz CT molecular complexity index is 222. The SMILES string of the molecule is CC(C)C1CN=C(NC2CCSC2)S1. The van der Waals surface area contributed by atoms with E-state index in [1.807, 2.05) is 23.5 Å². The Hall–Kier alpha value is 0.170. The summed E-state index contributed by atoms with van der Waals surface area (Å²) in [5.74, 6) is 3.30. The van der Waals surface area contributed by atoms with E-state index in [0.29, 0.717) is 11.3 Å². The fourth-order valence-electron chi connectivity index (χ4n) is 1.64. The zero-order valence-electron chi connectivity index (χ0n) is 8.82. The van der Waals surface area contributed by atoms with Crippen molar-refractivity contribution < 1.29 is 0 Å². The molecule has 0 spiro atoms. The summed E-state index contributed by atoms with van der Waals surface area (Å²) in [6.07, 6.45) is 1.30. The van der Waals surface area contributed by atoms with E-state index in [9.17, 15) is 0 Å². The summed E-state index contributed by atoms with van der Waals surface area (Å²) in [6, 6.07) is 0.678. The molecular weight excluding hydrogens is 212 g/mol. The molecule has 0 aliphatic carbocycles. The van der Waals surface area contributed by atoms with Crippen LogP contribution in [0, 0.1) is 5.92 Å². The zero-order valence-corrected chi connectivity index (χ0v) is 10.5. The number of aliphatic imine (C=N–C) groups is 1. The van der Waals surface area contributed by atoms with Crippen LogP contribution in [-0.2, 0) is 0 Å². The second kappa shape index (κ2) is 4.79. The molecule has 0 aromatic heterocycles. The molecule has 2 aliphatic heterocycles. The Kier molecular flexibility index (Phi) is 3.66. The quantitative estimate of drug-likeness (QED) is 0.787. The summed E-state index contributed by atoms with van der Waals surface area (Å²) < 4.78 is 0. The molecule has 0 saturated carbocycles. The first-order valence-corrected chi connectivity index (χ1v) is 7.34. The second-order valence-corrected chi connectivity index (χ2v) is 6.63. The molecule has 1 saturated heterocycles. The van der Waals surface area contributed by atoms with Crippen molar-refractivity contribution in [3.8, 4) is 0 Å². The minimum absolute atomic E-state index is 0.678. The Morgan fingerprint density at radius 1 is 1.50 bits per heavy atom. The van der Waals surface area contributed by atoms with Gasteiger partial charge in [-0.3, -0.25) is 4.99 Å². The third-order valence-corrected chi connectivity index (χ3v) is 5.31. The molecule has 0 radical (unpaired) electrons. The lowest BCUT2D eigenvalue weighted by molar-refractivity contribution is 0.620. The molecule has 2 rings (SSSR count). The van der Waals surface area contributed by atoms with E-state index in [4.69, 9.17) is 0 Å². The maximum absolute atomic E-state index is 4.56. The minimum Gasteiger partial charge on any atom is -0.361 e. The highest BCUT2D eigenvalue weighted by Gasteiger charge is 2.25.